The van der Waals surface area contributed by atoms with Gasteiger partial charge in [-0.2, -0.15) is 4.98 Å². The van der Waals surface area contributed by atoms with E-state index in [2.05, 4.69) is 10.3 Å². The van der Waals surface area contributed by atoms with E-state index in [4.69, 9.17) is 5.73 Å². The molecule has 0 saturated carbocycles. The number of carbonyl (C=O) groups is 1. The molecule has 0 saturated heterocycles. The Kier molecular flexibility index (Phi) is 4.62. The van der Waals surface area contributed by atoms with Gasteiger partial charge in [-0.3, -0.25) is 0 Å². The van der Waals surface area contributed by atoms with Gasteiger partial charge in [-0.05, 0) is 6.42 Å². The third-order valence-corrected chi connectivity index (χ3v) is 2.18. The lowest BCUT2D eigenvalue weighted by Gasteiger charge is -2.06. The number of hydrogen-bond acceptors (Lipinski definition) is 4. The molecule has 0 aliphatic carbocycles. The Morgan fingerprint density at radius 1 is 1.59 bits per heavy atom. The van der Waals surface area contributed by atoms with Crippen molar-refractivity contribution in [2.75, 3.05) is 12.3 Å². The van der Waals surface area contributed by atoms with E-state index in [1.807, 2.05) is 6.92 Å². The van der Waals surface area contributed by atoms with Crippen LogP contribution in [0.3, 0.4) is 0 Å². The summed E-state index contributed by atoms with van der Waals surface area (Å²) in [6.45, 7) is 2.47. The SMILES string of the molecule is CCCCCNC(=O)n1cc(F)c(N)nc1=O. The van der Waals surface area contributed by atoms with Crippen LogP contribution in [0.2, 0.25) is 0 Å². The van der Waals surface area contributed by atoms with Crippen LogP contribution in [0.4, 0.5) is 15.0 Å². The molecule has 0 bridgehead atoms. The number of hydrogen-bond donors (Lipinski definition) is 2. The van der Waals surface area contributed by atoms with Gasteiger partial charge in [0.05, 0.1) is 6.20 Å². The molecule has 94 valence electrons. The molecule has 1 aromatic heterocycles. The largest absolute Gasteiger partial charge is 0.381 e. The Morgan fingerprint density at radius 2 is 2.29 bits per heavy atom. The lowest BCUT2D eigenvalue weighted by atomic mass is 10.2. The van der Waals surface area contributed by atoms with Crippen molar-refractivity contribution in [3.8, 4) is 0 Å². The molecular formula is C10H15FN4O2. The summed E-state index contributed by atoms with van der Waals surface area (Å²) in [5, 5.41) is 2.50. The minimum absolute atomic E-state index is 0.436. The molecule has 1 amide bonds. The monoisotopic (exact) mass is 242 g/mol. The van der Waals surface area contributed by atoms with E-state index in [0.29, 0.717) is 11.1 Å². The van der Waals surface area contributed by atoms with Crippen LogP contribution in [0, 0.1) is 5.82 Å². The molecule has 0 unspecified atom stereocenters. The number of unbranched alkanes of at least 4 members (excludes halogenated alkanes) is 2. The van der Waals surface area contributed by atoms with Crippen LogP contribution in [-0.4, -0.2) is 22.1 Å². The molecule has 0 atom stereocenters. The van der Waals surface area contributed by atoms with E-state index in [9.17, 15) is 14.0 Å². The van der Waals surface area contributed by atoms with Crippen LogP contribution in [0.15, 0.2) is 11.0 Å². The highest BCUT2D eigenvalue weighted by molar-refractivity contribution is 5.76. The van der Waals surface area contributed by atoms with Crippen molar-refractivity contribution in [3.63, 3.8) is 0 Å². The Bertz CT molecular complexity index is 458. The molecule has 1 heterocycles. The van der Waals surface area contributed by atoms with Crippen molar-refractivity contribution < 1.29 is 9.18 Å². The van der Waals surface area contributed by atoms with E-state index in [0.717, 1.165) is 25.5 Å². The second kappa shape index (κ2) is 5.97. The Balaban J connectivity index is 2.69. The second-order valence-electron chi connectivity index (χ2n) is 3.57. The summed E-state index contributed by atoms with van der Waals surface area (Å²) >= 11 is 0. The van der Waals surface area contributed by atoms with Gasteiger partial charge in [-0.1, -0.05) is 19.8 Å². The average Bonchev–Trinajstić information content (AvgIpc) is 2.29. The summed E-state index contributed by atoms with van der Waals surface area (Å²) in [5.74, 6) is -1.40. The number of nitrogens with one attached hydrogen (secondary N) is 1. The van der Waals surface area contributed by atoms with Crippen molar-refractivity contribution in [1.82, 2.24) is 14.9 Å². The maximum absolute atomic E-state index is 13.0. The van der Waals surface area contributed by atoms with Gasteiger partial charge in [0.25, 0.3) is 0 Å². The van der Waals surface area contributed by atoms with Gasteiger partial charge >= 0.3 is 11.7 Å². The normalized spacial score (nSPS) is 10.2. The third kappa shape index (κ3) is 3.54. The second-order valence-corrected chi connectivity index (χ2v) is 3.57. The molecule has 1 aromatic rings. The zero-order chi connectivity index (χ0) is 12.8. The van der Waals surface area contributed by atoms with Gasteiger partial charge in [0.2, 0.25) is 0 Å². The van der Waals surface area contributed by atoms with Gasteiger partial charge in [0.1, 0.15) is 0 Å². The quantitative estimate of drug-likeness (QED) is 0.761. The number of rotatable bonds is 4. The van der Waals surface area contributed by atoms with Crippen molar-refractivity contribution in [2.45, 2.75) is 26.2 Å². The number of halogens is 1. The third-order valence-electron chi connectivity index (χ3n) is 2.18. The van der Waals surface area contributed by atoms with Gasteiger partial charge in [0.15, 0.2) is 11.6 Å². The lowest BCUT2D eigenvalue weighted by molar-refractivity contribution is 0.240. The molecule has 0 aliphatic heterocycles. The summed E-state index contributed by atoms with van der Waals surface area (Å²) in [6, 6.07) is -0.697. The van der Waals surface area contributed by atoms with Gasteiger partial charge in [0, 0.05) is 6.54 Å². The molecule has 1 rings (SSSR count). The minimum Gasteiger partial charge on any atom is -0.381 e. The fourth-order valence-electron chi connectivity index (χ4n) is 1.25. The molecule has 0 fully saturated rings. The van der Waals surface area contributed by atoms with Crippen LogP contribution >= 0.6 is 0 Å². The van der Waals surface area contributed by atoms with Crippen LogP contribution in [0.1, 0.15) is 26.2 Å². The number of nitrogen functional groups attached to an aromatic ring is 1. The average molecular weight is 242 g/mol. The van der Waals surface area contributed by atoms with E-state index >= 15 is 0 Å². The zero-order valence-electron chi connectivity index (χ0n) is 9.57. The first-order valence-electron chi connectivity index (χ1n) is 5.39. The van der Waals surface area contributed by atoms with Crippen LogP contribution < -0.4 is 16.7 Å². The highest BCUT2D eigenvalue weighted by atomic mass is 19.1. The van der Waals surface area contributed by atoms with E-state index in [-0.39, 0.29) is 0 Å². The van der Waals surface area contributed by atoms with Crippen molar-refractivity contribution in [2.24, 2.45) is 0 Å². The van der Waals surface area contributed by atoms with E-state index in [1.165, 1.54) is 0 Å². The fourth-order valence-corrected chi connectivity index (χ4v) is 1.25. The zero-order valence-corrected chi connectivity index (χ0v) is 9.57. The van der Waals surface area contributed by atoms with Crippen LogP contribution in [0.5, 0.6) is 0 Å². The lowest BCUT2D eigenvalue weighted by Crippen LogP contribution is -2.38. The van der Waals surface area contributed by atoms with Crippen LogP contribution in [0.25, 0.3) is 0 Å². The standard InChI is InChI=1S/C10H15FN4O2/c1-2-3-4-5-13-9(16)15-6-7(11)8(12)14-10(15)17/h6H,2-5H2,1H3,(H,13,16)(H2,12,14,17). The number of carbonyl (C=O) groups excluding carboxylic acids is 1. The maximum atomic E-state index is 13.0. The molecule has 17 heavy (non-hydrogen) atoms. The first kappa shape index (κ1) is 13.1. The highest BCUT2D eigenvalue weighted by Gasteiger charge is 2.10. The molecule has 7 heteroatoms. The van der Waals surface area contributed by atoms with Gasteiger partial charge in [-0.15, -0.1) is 0 Å². The number of nitrogens with two attached hydrogens (primary N) is 1. The summed E-state index contributed by atoms with van der Waals surface area (Å²) in [7, 11) is 0. The predicted octanol–water partition coefficient (Wildman–Crippen LogP) is 0.713. The molecule has 0 aliphatic rings. The first-order chi connectivity index (χ1) is 8.06. The van der Waals surface area contributed by atoms with Crippen molar-refractivity contribution in [1.29, 1.82) is 0 Å². The maximum Gasteiger partial charge on any atom is 0.357 e. The molecule has 0 aromatic carbocycles. The Labute approximate surface area is 97.6 Å². The van der Waals surface area contributed by atoms with Gasteiger partial charge in [-0.25, -0.2) is 18.5 Å². The summed E-state index contributed by atoms with van der Waals surface area (Å²) < 4.78 is 13.6. The minimum atomic E-state index is -0.895. The molecule has 0 radical (unpaired) electrons. The number of anilines is 1. The predicted molar refractivity (Wildman–Crippen MR) is 61.2 cm³/mol. The summed E-state index contributed by atoms with van der Waals surface area (Å²) in [6.07, 6.45) is 3.54. The first-order valence-corrected chi connectivity index (χ1v) is 5.39. The van der Waals surface area contributed by atoms with Crippen LogP contribution in [-0.2, 0) is 0 Å². The van der Waals surface area contributed by atoms with Crippen molar-refractivity contribution >= 4 is 11.8 Å². The van der Waals surface area contributed by atoms with E-state index < -0.39 is 23.4 Å². The molecule has 3 N–H and O–H groups in total. The van der Waals surface area contributed by atoms with Crippen molar-refractivity contribution in [3.05, 3.63) is 22.5 Å². The van der Waals surface area contributed by atoms with E-state index in [1.54, 1.807) is 0 Å². The Morgan fingerprint density at radius 3 is 2.94 bits per heavy atom. The molecule has 6 nitrogen and oxygen atoms in total. The smallest absolute Gasteiger partial charge is 0.357 e. The number of nitrogens with zero attached hydrogens (tertiary/aromatic N) is 2. The van der Waals surface area contributed by atoms with Gasteiger partial charge < -0.3 is 11.1 Å². The topological polar surface area (TPSA) is 90.0 Å². The molecular weight excluding hydrogens is 227 g/mol. The fraction of sp³-hybridized carbons (Fsp3) is 0.500. The summed E-state index contributed by atoms with van der Waals surface area (Å²) in [5.41, 5.74) is 4.21. The number of amides is 1. The number of aromatic nitrogens is 2. The Hall–Kier alpha value is -1.92. The molecule has 0 spiro atoms. The summed E-state index contributed by atoms with van der Waals surface area (Å²) in [4.78, 5) is 26.0. The highest BCUT2D eigenvalue weighted by Crippen LogP contribution is 2.00.